The van der Waals surface area contributed by atoms with Gasteiger partial charge in [0, 0.05) is 37.1 Å². The van der Waals surface area contributed by atoms with Crippen molar-refractivity contribution in [3.63, 3.8) is 0 Å². The molecule has 224 valence electrons. The van der Waals surface area contributed by atoms with E-state index in [1.807, 2.05) is 6.08 Å². The summed E-state index contributed by atoms with van der Waals surface area (Å²) in [5.41, 5.74) is 0. The predicted octanol–water partition coefficient (Wildman–Crippen LogP) is 5.82. The summed E-state index contributed by atoms with van der Waals surface area (Å²) < 4.78 is 70.4. The monoisotopic (exact) mass is 594 g/mol. The molecule has 1 N–H and O–H groups in total. The molecule has 8 atom stereocenters. The molecule has 2 heterocycles. The van der Waals surface area contributed by atoms with Crippen LogP contribution >= 0.6 is 11.6 Å². The van der Waals surface area contributed by atoms with Crippen LogP contribution in [-0.2, 0) is 10.0 Å². The lowest BCUT2D eigenvalue weighted by Gasteiger charge is -2.59. The zero-order valence-corrected chi connectivity index (χ0v) is 24.7. The van der Waals surface area contributed by atoms with Crippen molar-refractivity contribution in [2.24, 2.45) is 35.5 Å². The molecule has 39 heavy (non-hydrogen) atoms. The molecule has 0 amide bonds. The summed E-state index contributed by atoms with van der Waals surface area (Å²) in [6, 6.07) is -0.0977. The SMILES string of the molecule is CC1C(Cl)CCCC1C1CCC([C@H]2C3CN(S(=O)(=O)C4CCCCC4C(F)(F)F)C/C=C\CN3[C@@H]2CO)CC1. The van der Waals surface area contributed by atoms with E-state index in [0.717, 1.165) is 32.1 Å². The number of hydrogen-bond donors (Lipinski definition) is 1. The minimum atomic E-state index is -4.51. The van der Waals surface area contributed by atoms with Crippen LogP contribution in [0.25, 0.3) is 0 Å². The number of rotatable bonds is 5. The molecule has 0 aromatic rings. The summed E-state index contributed by atoms with van der Waals surface area (Å²) in [5, 5.41) is 9.18. The fourth-order valence-electron chi connectivity index (χ4n) is 9.06. The number of aliphatic hydroxyl groups excluding tert-OH is 1. The average molecular weight is 595 g/mol. The molecule has 0 spiro atoms. The molecule has 5 aliphatic rings. The van der Waals surface area contributed by atoms with Gasteiger partial charge in [0.2, 0.25) is 10.0 Å². The first-order chi connectivity index (χ1) is 18.5. The molecule has 3 saturated carbocycles. The van der Waals surface area contributed by atoms with Crippen LogP contribution in [0.2, 0.25) is 0 Å². The van der Waals surface area contributed by atoms with Crippen molar-refractivity contribution < 1.29 is 26.7 Å². The Kier molecular flexibility index (Phi) is 9.34. The topological polar surface area (TPSA) is 60.9 Å². The fourth-order valence-corrected chi connectivity index (χ4v) is 11.6. The van der Waals surface area contributed by atoms with Crippen LogP contribution in [0.5, 0.6) is 0 Å². The van der Waals surface area contributed by atoms with E-state index in [1.165, 1.54) is 17.1 Å². The average Bonchev–Trinajstić information content (AvgIpc) is 2.89. The summed E-state index contributed by atoms with van der Waals surface area (Å²) in [6.07, 6.45) is 8.00. The van der Waals surface area contributed by atoms with E-state index < -0.39 is 27.4 Å². The normalized spacial score (nSPS) is 44.1. The molecule has 0 radical (unpaired) electrons. The molecule has 2 aliphatic heterocycles. The van der Waals surface area contributed by atoms with Crippen LogP contribution in [0.15, 0.2) is 12.2 Å². The van der Waals surface area contributed by atoms with Gasteiger partial charge in [-0.25, -0.2) is 8.42 Å². The molecule has 5 nitrogen and oxygen atoms in total. The summed E-state index contributed by atoms with van der Waals surface area (Å²) in [4.78, 5) is 2.18. The maximum Gasteiger partial charge on any atom is 0.393 e. The third-order valence-electron chi connectivity index (χ3n) is 11.2. The van der Waals surface area contributed by atoms with Crippen molar-refractivity contribution >= 4 is 21.6 Å². The quantitative estimate of drug-likeness (QED) is 0.322. The van der Waals surface area contributed by atoms with E-state index in [0.29, 0.717) is 43.1 Å². The van der Waals surface area contributed by atoms with E-state index in [-0.39, 0.29) is 55.9 Å². The van der Waals surface area contributed by atoms with Gasteiger partial charge in [0.05, 0.1) is 17.8 Å². The number of sulfonamides is 1. The number of alkyl halides is 4. The van der Waals surface area contributed by atoms with E-state index in [2.05, 4.69) is 11.8 Å². The zero-order valence-electron chi connectivity index (χ0n) is 23.1. The maximum absolute atomic E-state index is 13.9. The summed E-state index contributed by atoms with van der Waals surface area (Å²) in [7, 11) is -4.13. The molecule has 0 bridgehead atoms. The van der Waals surface area contributed by atoms with E-state index in [4.69, 9.17) is 11.6 Å². The van der Waals surface area contributed by atoms with Gasteiger partial charge < -0.3 is 5.11 Å². The molecule has 3 aliphatic carbocycles. The first-order valence-corrected chi connectivity index (χ1v) is 17.2. The van der Waals surface area contributed by atoms with Crippen LogP contribution in [-0.4, -0.2) is 77.9 Å². The fraction of sp³-hybridized carbons (Fsp3) is 0.931. The smallest absolute Gasteiger partial charge is 0.393 e. The standard InChI is InChI=1S/C29H46ClF3N2O3S/c1-19-22(7-6-9-24(19)30)20-11-13-21(14-12-20)28-25-17-34(15-4-5-16-35(25)26(28)18-36)39(37,38)27-10-3-2-8-23(27)29(31,32)33/h4-5,19-28,36H,2-3,6-18H2,1H3/b5-4-/t19?,20?,21?,22?,23?,24?,25?,26-,27?,28+/m1/s1. The highest BCUT2D eigenvalue weighted by Gasteiger charge is 2.55. The number of fused-ring (bicyclic) bond motifs is 1. The number of halogens is 4. The van der Waals surface area contributed by atoms with Gasteiger partial charge in [-0.1, -0.05) is 38.3 Å². The second-order valence-corrected chi connectivity index (χ2v) is 15.8. The highest BCUT2D eigenvalue weighted by atomic mass is 35.5. The molecule has 1 saturated heterocycles. The van der Waals surface area contributed by atoms with Gasteiger partial charge in [-0.2, -0.15) is 17.5 Å². The second-order valence-electron chi connectivity index (χ2n) is 13.0. The van der Waals surface area contributed by atoms with Gasteiger partial charge >= 0.3 is 6.18 Å². The predicted molar refractivity (Wildman–Crippen MR) is 148 cm³/mol. The summed E-state index contributed by atoms with van der Waals surface area (Å²) in [6.45, 7) is 3.29. The lowest BCUT2D eigenvalue weighted by molar-refractivity contribution is -0.180. The van der Waals surface area contributed by atoms with E-state index in [9.17, 15) is 26.7 Å². The Morgan fingerprint density at radius 3 is 2.28 bits per heavy atom. The maximum atomic E-state index is 13.9. The Labute approximate surface area is 237 Å². The van der Waals surface area contributed by atoms with Crippen molar-refractivity contribution in [1.29, 1.82) is 0 Å². The van der Waals surface area contributed by atoms with Gasteiger partial charge in [-0.05, 0) is 81.0 Å². The summed E-state index contributed by atoms with van der Waals surface area (Å²) >= 11 is 6.62. The molecule has 10 heteroatoms. The Balaban J connectivity index is 1.30. The largest absolute Gasteiger partial charge is 0.395 e. The van der Waals surface area contributed by atoms with Gasteiger partial charge in [0.15, 0.2) is 0 Å². The Hall–Kier alpha value is -0.350. The lowest BCUT2D eigenvalue weighted by atomic mass is 9.61. The molecular weight excluding hydrogens is 549 g/mol. The van der Waals surface area contributed by atoms with Crippen molar-refractivity contribution in [2.45, 2.75) is 106 Å². The van der Waals surface area contributed by atoms with Crippen LogP contribution in [0.1, 0.15) is 77.6 Å². The lowest BCUT2D eigenvalue weighted by Crippen LogP contribution is -2.71. The third kappa shape index (κ3) is 5.95. The Morgan fingerprint density at radius 2 is 1.59 bits per heavy atom. The second kappa shape index (κ2) is 12.1. The van der Waals surface area contributed by atoms with Gasteiger partial charge in [-0.3, -0.25) is 4.90 Å². The van der Waals surface area contributed by atoms with Crippen LogP contribution < -0.4 is 0 Å². The van der Waals surface area contributed by atoms with Crippen molar-refractivity contribution in [3.05, 3.63) is 12.2 Å². The van der Waals surface area contributed by atoms with Crippen LogP contribution in [0.4, 0.5) is 13.2 Å². The van der Waals surface area contributed by atoms with Gasteiger partial charge in [-0.15, -0.1) is 11.6 Å². The molecule has 5 rings (SSSR count). The molecule has 4 fully saturated rings. The van der Waals surface area contributed by atoms with Gasteiger partial charge in [0.1, 0.15) is 0 Å². The first kappa shape index (κ1) is 30.1. The number of hydrogen-bond acceptors (Lipinski definition) is 4. The van der Waals surface area contributed by atoms with E-state index in [1.54, 1.807) is 6.08 Å². The molecular formula is C29H46ClF3N2O3S. The molecule has 6 unspecified atom stereocenters. The third-order valence-corrected chi connectivity index (χ3v) is 14.2. The zero-order chi connectivity index (χ0) is 27.9. The minimum absolute atomic E-state index is 0.0219. The highest BCUT2D eigenvalue weighted by Crippen LogP contribution is 2.50. The van der Waals surface area contributed by atoms with Gasteiger partial charge in [0.25, 0.3) is 0 Å². The van der Waals surface area contributed by atoms with Crippen LogP contribution in [0, 0.1) is 35.5 Å². The molecule has 0 aromatic heterocycles. The highest BCUT2D eigenvalue weighted by molar-refractivity contribution is 7.89. The first-order valence-electron chi connectivity index (χ1n) is 15.2. The Morgan fingerprint density at radius 1 is 0.923 bits per heavy atom. The van der Waals surface area contributed by atoms with Crippen molar-refractivity contribution in [2.75, 3.05) is 26.2 Å². The number of aliphatic hydroxyl groups is 1. The molecule has 0 aromatic carbocycles. The van der Waals surface area contributed by atoms with E-state index >= 15 is 0 Å². The summed E-state index contributed by atoms with van der Waals surface area (Å²) in [5.74, 6) is 0.629. The number of nitrogens with zero attached hydrogens (tertiary/aromatic N) is 2. The van der Waals surface area contributed by atoms with Crippen molar-refractivity contribution in [1.82, 2.24) is 9.21 Å². The Bertz CT molecular complexity index is 971. The van der Waals surface area contributed by atoms with Crippen LogP contribution in [0.3, 0.4) is 0 Å². The minimum Gasteiger partial charge on any atom is -0.395 e. The van der Waals surface area contributed by atoms with Crippen molar-refractivity contribution in [3.8, 4) is 0 Å².